The van der Waals surface area contributed by atoms with E-state index in [9.17, 15) is 0 Å². The van der Waals surface area contributed by atoms with Gasteiger partial charge in [-0.1, -0.05) is 26.8 Å². The van der Waals surface area contributed by atoms with Crippen LogP contribution in [0.5, 0.6) is 0 Å². The van der Waals surface area contributed by atoms with Crippen molar-refractivity contribution < 1.29 is 20.4 Å². The Balaban J connectivity index is 0.000000980. The second-order valence-corrected chi connectivity index (χ2v) is 4.31. The van der Waals surface area contributed by atoms with Crippen LogP contribution in [-0.4, -0.2) is 4.98 Å². The van der Waals surface area contributed by atoms with Crippen molar-refractivity contribution in [1.29, 1.82) is 0 Å². The van der Waals surface area contributed by atoms with Crippen molar-refractivity contribution in [3.05, 3.63) is 30.2 Å². The van der Waals surface area contributed by atoms with Crippen LogP contribution in [0.15, 0.2) is 24.7 Å². The molecule has 0 saturated carbocycles. The van der Waals surface area contributed by atoms with Crippen LogP contribution in [0.4, 0.5) is 0 Å². The summed E-state index contributed by atoms with van der Waals surface area (Å²) >= 11 is 0. The maximum absolute atomic E-state index is 4.23. The fourth-order valence-corrected chi connectivity index (χ4v) is 1.53. The van der Waals surface area contributed by atoms with Crippen LogP contribution in [-0.2, 0) is 25.8 Å². The van der Waals surface area contributed by atoms with Gasteiger partial charge in [-0.05, 0) is 16.4 Å². The van der Waals surface area contributed by atoms with E-state index in [2.05, 4.69) is 36.8 Å². The van der Waals surface area contributed by atoms with Gasteiger partial charge in [-0.3, -0.25) is 4.98 Å². The summed E-state index contributed by atoms with van der Waals surface area (Å²) in [4.78, 5) is 8.42. The average Bonchev–Trinajstić information content (AvgIpc) is 2.48. The van der Waals surface area contributed by atoms with Crippen LogP contribution in [0.25, 0.3) is 10.9 Å². The van der Waals surface area contributed by atoms with Gasteiger partial charge in [0, 0.05) is 32.8 Å². The van der Waals surface area contributed by atoms with Crippen molar-refractivity contribution >= 4 is 10.9 Å². The Morgan fingerprint density at radius 3 is 2.57 bits per heavy atom. The molecule has 0 N–H and O–H groups in total. The molecule has 0 aliphatic carbocycles. The molecule has 0 aromatic carbocycles. The van der Waals surface area contributed by atoms with E-state index in [0.29, 0.717) is 0 Å². The van der Waals surface area contributed by atoms with Crippen molar-refractivity contribution in [3.63, 3.8) is 0 Å². The van der Waals surface area contributed by atoms with Crippen molar-refractivity contribution in [2.75, 3.05) is 0 Å². The molecule has 0 aliphatic rings. The Labute approximate surface area is 97.8 Å². The zero-order valence-electron chi connectivity index (χ0n) is 8.58. The standard InChI is InChI=1S/C11H13N2.Re/c1-11(2,3)9-6-12-7-10-8(9)4-5-13-10;/h4-7H,1-3H3;/q-1;. The van der Waals surface area contributed by atoms with Crippen molar-refractivity contribution in [3.8, 4) is 0 Å². The third-order valence-corrected chi connectivity index (χ3v) is 2.23. The number of hydrogen-bond donors (Lipinski definition) is 0. The quantitative estimate of drug-likeness (QED) is 0.723. The predicted octanol–water partition coefficient (Wildman–Crippen LogP) is 2.49. The Hall–Kier alpha value is -0.648. The van der Waals surface area contributed by atoms with E-state index in [-0.39, 0.29) is 25.8 Å². The first-order valence-corrected chi connectivity index (χ1v) is 4.45. The first-order valence-electron chi connectivity index (χ1n) is 4.45. The Morgan fingerprint density at radius 1 is 1.21 bits per heavy atom. The van der Waals surface area contributed by atoms with E-state index >= 15 is 0 Å². The zero-order valence-corrected chi connectivity index (χ0v) is 11.3. The van der Waals surface area contributed by atoms with Gasteiger partial charge in [-0.15, -0.1) is 5.52 Å². The Morgan fingerprint density at radius 2 is 1.93 bits per heavy atom. The van der Waals surface area contributed by atoms with Crippen molar-refractivity contribution in [2.45, 2.75) is 26.2 Å². The van der Waals surface area contributed by atoms with Crippen LogP contribution in [0.1, 0.15) is 26.3 Å². The van der Waals surface area contributed by atoms with Crippen LogP contribution >= 0.6 is 0 Å². The topological polar surface area (TPSA) is 27.0 Å². The molecule has 0 fully saturated rings. The van der Waals surface area contributed by atoms with Gasteiger partial charge < -0.3 is 4.98 Å². The van der Waals surface area contributed by atoms with Crippen molar-refractivity contribution in [1.82, 2.24) is 9.97 Å². The fourth-order valence-electron chi connectivity index (χ4n) is 1.53. The van der Waals surface area contributed by atoms with Crippen LogP contribution < -0.4 is 4.98 Å². The first kappa shape index (κ1) is 11.4. The summed E-state index contributed by atoms with van der Waals surface area (Å²) in [6.45, 7) is 6.57. The summed E-state index contributed by atoms with van der Waals surface area (Å²) in [6.07, 6.45) is 5.58. The minimum atomic E-state index is 0. The number of fused-ring (bicyclic) bond motifs is 1. The number of aromatic nitrogens is 2. The van der Waals surface area contributed by atoms with E-state index in [0.717, 1.165) is 5.52 Å². The molecule has 0 unspecified atom stereocenters. The predicted molar refractivity (Wildman–Crippen MR) is 53.8 cm³/mol. The summed E-state index contributed by atoms with van der Waals surface area (Å²) in [5, 5.41) is 1.22. The molecular weight excluding hydrogens is 346 g/mol. The van der Waals surface area contributed by atoms with Gasteiger partial charge in [0.2, 0.25) is 0 Å². The SMILES string of the molecule is CC(C)(C)c1cncc2[n-]ccc12.[Re]. The maximum atomic E-state index is 4.23. The smallest absolute Gasteiger partial charge is 0.0310 e. The average molecular weight is 359 g/mol. The largest absolute Gasteiger partial charge is 0.662 e. The number of nitrogens with zero attached hydrogens (tertiary/aromatic N) is 2. The van der Waals surface area contributed by atoms with Gasteiger partial charge in [0.05, 0.1) is 0 Å². The van der Waals surface area contributed by atoms with Gasteiger partial charge >= 0.3 is 0 Å². The molecule has 2 aromatic heterocycles. The summed E-state index contributed by atoms with van der Waals surface area (Å²) in [5.41, 5.74) is 2.40. The number of hydrogen-bond acceptors (Lipinski definition) is 1. The third kappa shape index (κ3) is 1.89. The molecule has 0 atom stereocenters. The fraction of sp³-hybridized carbons (Fsp3) is 0.364. The minimum absolute atomic E-state index is 0. The van der Waals surface area contributed by atoms with Gasteiger partial charge in [0.25, 0.3) is 0 Å². The molecule has 0 aliphatic heterocycles. The molecule has 2 nitrogen and oxygen atoms in total. The summed E-state index contributed by atoms with van der Waals surface area (Å²) in [5.74, 6) is 0. The van der Waals surface area contributed by atoms with Gasteiger partial charge in [0.15, 0.2) is 0 Å². The molecule has 2 aromatic rings. The molecular formula is C11H13N2Re-. The van der Waals surface area contributed by atoms with Gasteiger partial charge in [0.1, 0.15) is 0 Å². The molecule has 3 heteroatoms. The van der Waals surface area contributed by atoms with Crippen molar-refractivity contribution in [2.24, 2.45) is 0 Å². The summed E-state index contributed by atoms with van der Waals surface area (Å²) < 4.78 is 0. The Kier molecular flexibility index (Phi) is 3.14. The molecule has 2 rings (SSSR count). The molecule has 2 heterocycles. The van der Waals surface area contributed by atoms with Gasteiger partial charge in [-0.25, -0.2) is 0 Å². The molecule has 14 heavy (non-hydrogen) atoms. The zero-order chi connectivity index (χ0) is 9.47. The second kappa shape index (κ2) is 3.84. The number of pyridine rings is 1. The Bertz CT molecular complexity index is 426. The summed E-state index contributed by atoms with van der Waals surface area (Å²) in [7, 11) is 0. The third-order valence-electron chi connectivity index (χ3n) is 2.23. The van der Waals surface area contributed by atoms with E-state index in [1.54, 1.807) is 0 Å². The first-order chi connectivity index (χ1) is 6.09. The van der Waals surface area contributed by atoms with E-state index in [1.807, 2.05) is 18.6 Å². The molecule has 0 saturated heterocycles. The molecule has 1 radical (unpaired) electrons. The van der Waals surface area contributed by atoms with Crippen LogP contribution in [0, 0.1) is 0 Å². The normalized spacial score (nSPS) is 11.4. The molecule has 75 valence electrons. The molecule has 0 spiro atoms. The number of rotatable bonds is 0. The molecule has 0 amide bonds. The minimum Gasteiger partial charge on any atom is -0.662 e. The maximum Gasteiger partial charge on any atom is 0.0310 e. The van der Waals surface area contributed by atoms with Gasteiger partial charge in [-0.2, -0.15) is 6.20 Å². The van der Waals surface area contributed by atoms with Crippen LogP contribution in [0.3, 0.4) is 0 Å². The van der Waals surface area contributed by atoms with Crippen LogP contribution in [0.2, 0.25) is 0 Å². The monoisotopic (exact) mass is 360 g/mol. The van der Waals surface area contributed by atoms with E-state index in [4.69, 9.17) is 0 Å². The van der Waals surface area contributed by atoms with E-state index in [1.165, 1.54) is 10.9 Å². The molecule has 0 bridgehead atoms. The second-order valence-electron chi connectivity index (χ2n) is 4.31. The summed E-state index contributed by atoms with van der Waals surface area (Å²) in [6, 6.07) is 2.05. The van der Waals surface area contributed by atoms with E-state index < -0.39 is 0 Å².